The Labute approximate surface area is 142 Å². The van der Waals surface area contributed by atoms with E-state index in [-0.39, 0.29) is 5.91 Å². The molecule has 1 aliphatic rings. The first-order valence-electron chi connectivity index (χ1n) is 8.46. The van der Waals surface area contributed by atoms with Crippen molar-refractivity contribution in [3.8, 4) is 0 Å². The summed E-state index contributed by atoms with van der Waals surface area (Å²) in [4.78, 5) is 23.1. The number of carbonyl (C=O) groups is 1. The summed E-state index contributed by atoms with van der Waals surface area (Å²) < 4.78 is 1.93. The summed E-state index contributed by atoms with van der Waals surface area (Å²) in [6.45, 7) is 8.30. The van der Waals surface area contributed by atoms with Crippen molar-refractivity contribution in [3.63, 3.8) is 0 Å². The number of aromatic nitrogens is 4. The molecule has 2 aromatic rings. The van der Waals surface area contributed by atoms with E-state index in [4.69, 9.17) is 0 Å². The average molecular weight is 328 g/mol. The van der Waals surface area contributed by atoms with Crippen molar-refractivity contribution in [2.75, 3.05) is 19.6 Å². The SMILES string of the molecule is CCn1ncnc1CN1CC[C@@H](CNC(=O)c2cccc(C)n2)C1. The van der Waals surface area contributed by atoms with Crippen LogP contribution in [0.1, 0.15) is 35.4 Å². The van der Waals surface area contributed by atoms with E-state index in [1.54, 1.807) is 12.4 Å². The van der Waals surface area contributed by atoms with E-state index in [2.05, 4.69) is 32.2 Å². The van der Waals surface area contributed by atoms with Crippen LogP contribution in [0, 0.1) is 12.8 Å². The fourth-order valence-electron chi connectivity index (χ4n) is 3.09. The lowest BCUT2D eigenvalue weighted by molar-refractivity contribution is 0.0942. The Kier molecular flexibility index (Phi) is 5.20. The summed E-state index contributed by atoms with van der Waals surface area (Å²) >= 11 is 0. The van der Waals surface area contributed by atoms with Crippen LogP contribution in [0.15, 0.2) is 24.5 Å². The Bertz CT molecular complexity index is 698. The number of nitrogens with one attached hydrogen (secondary N) is 1. The average Bonchev–Trinajstić information content (AvgIpc) is 3.22. The van der Waals surface area contributed by atoms with Crippen LogP contribution in [0.25, 0.3) is 0 Å². The molecule has 0 saturated carbocycles. The molecule has 128 valence electrons. The Morgan fingerprint density at radius 2 is 2.29 bits per heavy atom. The number of nitrogens with zero attached hydrogens (tertiary/aromatic N) is 5. The molecule has 24 heavy (non-hydrogen) atoms. The molecule has 0 spiro atoms. The van der Waals surface area contributed by atoms with E-state index in [1.807, 2.05) is 23.7 Å². The molecule has 1 aliphatic heterocycles. The zero-order chi connectivity index (χ0) is 16.9. The molecule has 0 radical (unpaired) electrons. The molecule has 7 heteroatoms. The molecule has 0 unspecified atom stereocenters. The summed E-state index contributed by atoms with van der Waals surface area (Å²) in [6, 6.07) is 5.50. The number of rotatable bonds is 6. The Morgan fingerprint density at radius 3 is 3.08 bits per heavy atom. The van der Waals surface area contributed by atoms with Gasteiger partial charge in [0.25, 0.3) is 5.91 Å². The van der Waals surface area contributed by atoms with Crippen molar-refractivity contribution < 1.29 is 4.79 Å². The third-order valence-corrected chi connectivity index (χ3v) is 4.40. The first-order valence-corrected chi connectivity index (χ1v) is 8.46. The monoisotopic (exact) mass is 328 g/mol. The summed E-state index contributed by atoms with van der Waals surface area (Å²) in [5.41, 5.74) is 1.34. The Morgan fingerprint density at radius 1 is 1.42 bits per heavy atom. The zero-order valence-electron chi connectivity index (χ0n) is 14.3. The van der Waals surface area contributed by atoms with Crippen LogP contribution in [0.4, 0.5) is 0 Å². The number of carbonyl (C=O) groups excluding carboxylic acids is 1. The molecule has 1 amide bonds. The van der Waals surface area contributed by atoms with Crippen LogP contribution in [0.5, 0.6) is 0 Å². The van der Waals surface area contributed by atoms with E-state index in [1.165, 1.54) is 0 Å². The highest BCUT2D eigenvalue weighted by atomic mass is 16.1. The third-order valence-electron chi connectivity index (χ3n) is 4.40. The zero-order valence-corrected chi connectivity index (χ0v) is 14.3. The highest BCUT2D eigenvalue weighted by Crippen LogP contribution is 2.17. The van der Waals surface area contributed by atoms with Crippen molar-refractivity contribution in [1.29, 1.82) is 0 Å². The van der Waals surface area contributed by atoms with Crippen molar-refractivity contribution in [2.45, 2.75) is 33.4 Å². The van der Waals surface area contributed by atoms with Crippen LogP contribution < -0.4 is 5.32 Å². The minimum Gasteiger partial charge on any atom is -0.350 e. The minimum absolute atomic E-state index is 0.0946. The van der Waals surface area contributed by atoms with Crippen LogP contribution in [0.2, 0.25) is 0 Å². The standard InChI is InChI=1S/C17H24N6O/c1-3-23-16(19-12-20-23)11-22-8-7-14(10-22)9-18-17(24)15-6-4-5-13(2)21-15/h4-6,12,14H,3,7-11H2,1-2H3,(H,18,24)/t14-/m0/s1. The van der Waals surface area contributed by atoms with Gasteiger partial charge in [-0.2, -0.15) is 5.10 Å². The maximum Gasteiger partial charge on any atom is 0.269 e. The van der Waals surface area contributed by atoms with E-state index in [0.29, 0.717) is 18.2 Å². The highest BCUT2D eigenvalue weighted by Gasteiger charge is 2.24. The van der Waals surface area contributed by atoms with Crippen LogP contribution in [-0.4, -0.2) is 50.2 Å². The van der Waals surface area contributed by atoms with Gasteiger partial charge in [0.15, 0.2) is 0 Å². The lowest BCUT2D eigenvalue weighted by Crippen LogP contribution is -2.31. The second-order valence-electron chi connectivity index (χ2n) is 6.26. The number of amides is 1. The van der Waals surface area contributed by atoms with Crippen LogP contribution >= 0.6 is 0 Å². The lowest BCUT2D eigenvalue weighted by atomic mass is 10.1. The summed E-state index contributed by atoms with van der Waals surface area (Å²) in [7, 11) is 0. The number of likely N-dealkylation sites (tertiary alicyclic amines) is 1. The molecule has 1 N–H and O–H groups in total. The van der Waals surface area contributed by atoms with Gasteiger partial charge in [0.1, 0.15) is 17.8 Å². The van der Waals surface area contributed by atoms with Gasteiger partial charge in [-0.05, 0) is 44.9 Å². The maximum atomic E-state index is 12.2. The fraction of sp³-hybridized carbons (Fsp3) is 0.529. The molecule has 0 aromatic carbocycles. The molecule has 3 rings (SSSR count). The maximum absolute atomic E-state index is 12.2. The summed E-state index contributed by atoms with van der Waals surface area (Å²) in [6.07, 6.45) is 2.70. The largest absolute Gasteiger partial charge is 0.350 e. The Hall–Kier alpha value is -2.28. The predicted molar refractivity (Wildman–Crippen MR) is 90.4 cm³/mol. The molecular formula is C17H24N6O. The number of aryl methyl sites for hydroxylation is 2. The molecule has 3 heterocycles. The number of pyridine rings is 1. The lowest BCUT2D eigenvalue weighted by Gasteiger charge is -2.16. The summed E-state index contributed by atoms with van der Waals surface area (Å²) in [5, 5.41) is 7.22. The van der Waals surface area contributed by atoms with Gasteiger partial charge < -0.3 is 5.32 Å². The predicted octanol–water partition coefficient (Wildman–Crippen LogP) is 1.25. The van der Waals surface area contributed by atoms with Gasteiger partial charge in [-0.1, -0.05) is 6.07 Å². The molecule has 7 nitrogen and oxygen atoms in total. The molecule has 2 aromatic heterocycles. The van der Waals surface area contributed by atoms with Crippen molar-refractivity contribution >= 4 is 5.91 Å². The second-order valence-corrected chi connectivity index (χ2v) is 6.26. The van der Waals surface area contributed by atoms with Crippen LogP contribution in [-0.2, 0) is 13.1 Å². The molecule has 0 aliphatic carbocycles. The van der Waals surface area contributed by atoms with Gasteiger partial charge in [0.2, 0.25) is 0 Å². The van der Waals surface area contributed by atoms with Gasteiger partial charge in [-0.3, -0.25) is 9.69 Å². The second kappa shape index (κ2) is 7.53. The smallest absolute Gasteiger partial charge is 0.269 e. The van der Waals surface area contributed by atoms with Gasteiger partial charge >= 0.3 is 0 Å². The van der Waals surface area contributed by atoms with Gasteiger partial charge in [-0.25, -0.2) is 14.6 Å². The number of hydrogen-bond donors (Lipinski definition) is 1. The van der Waals surface area contributed by atoms with Crippen molar-refractivity contribution in [2.24, 2.45) is 5.92 Å². The topological polar surface area (TPSA) is 75.9 Å². The third kappa shape index (κ3) is 3.97. The highest BCUT2D eigenvalue weighted by molar-refractivity contribution is 5.92. The normalized spacial score (nSPS) is 18.0. The number of hydrogen-bond acceptors (Lipinski definition) is 5. The van der Waals surface area contributed by atoms with Crippen molar-refractivity contribution in [3.05, 3.63) is 41.7 Å². The Balaban J connectivity index is 1.47. The first-order chi connectivity index (χ1) is 11.7. The summed E-state index contributed by atoms with van der Waals surface area (Å²) in [5.74, 6) is 1.38. The van der Waals surface area contributed by atoms with E-state index in [9.17, 15) is 4.79 Å². The van der Waals surface area contributed by atoms with Gasteiger partial charge in [0, 0.05) is 25.3 Å². The molecule has 1 fully saturated rings. The molecule has 1 atom stereocenters. The van der Waals surface area contributed by atoms with E-state index >= 15 is 0 Å². The molecule has 1 saturated heterocycles. The van der Waals surface area contributed by atoms with Gasteiger partial charge in [-0.15, -0.1) is 0 Å². The molecule has 0 bridgehead atoms. The van der Waals surface area contributed by atoms with Crippen LogP contribution in [0.3, 0.4) is 0 Å². The first kappa shape index (κ1) is 16.6. The molecular weight excluding hydrogens is 304 g/mol. The quantitative estimate of drug-likeness (QED) is 0.864. The van der Waals surface area contributed by atoms with E-state index in [0.717, 1.165) is 44.1 Å². The van der Waals surface area contributed by atoms with E-state index < -0.39 is 0 Å². The fourth-order valence-corrected chi connectivity index (χ4v) is 3.09. The minimum atomic E-state index is -0.0946. The van der Waals surface area contributed by atoms with Crippen molar-refractivity contribution in [1.82, 2.24) is 30.0 Å². The van der Waals surface area contributed by atoms with Gasteiger partial charge in [0.05, 0.1) is 6.54 Å².